The molecule has 0 saturated heterocycles. The van der Waals surface area contributed by atoms with Crippen LogP contribution < -0.4 is 11.1 Å². The van der Waals surface area contributed by atoms with E-state index in [1.807, 2.05) is 20.8 Å². The van der Waals surface area contributed by atoms with Crippen LogP contribution in [0.3, 0.4) is 0 Å². The first-order valence-corrected chi connectivity index (χ1v) is 8.20. The average molecular weight is 303 g/mol. The largest absolute Gasteiger partial charge is 0.397 e. The van der Waals surface area contributed by atoms with Crippen molar-refractivity contribution in [1.29, 1.82) is 0 Å². The van der Waals surface area contributed by atoms with Gasteiger partial charge in [0.05, 0.1) is 5.69 Å². The molecule has 0 fully saturated rings. The van der Waals surface area contributed by atoms with Crippen LogP contribution in [0.2, 0.25) is 0 Å². The number of amides is 1. The highest BCUT2D eigenvalue weighted by atomic mass is 32.1. The highest BCUT2D eigenvalue weighted by molar-refractivity contribution is 7.21. The van der Waals surface area contributed by atoms with Gasteiger partial charge < -0.3 is 11.1 Å². The van der Waals surface area contributed by atoms with Crippen molar-refractivity contribution in [3.63, 3.8) is 0 Å². The summed E-state index contributed by atoms with van der Waals surface area (Å²) in [5.41, 5.74) is 8.97. The molecular formula is C16H21N3OS. The zero-order valence-corrected chi connectivity index (χ0v) is 13.6. The molecule has 0 aromatic carbocycles. The Kier molecular flexibility index (Phi) is 3.40. The topological polar surface area (TPSA) is 68.0 Å². The summed E-state index contributed by atoms with van der Waals surface area (Å²) in [4.78, 5) is 18.6. The molecule has 0 saturated carbocycles. The van der Waals surface area contributed by atoms with Crippen molar-refractivity contribution in [2.45, 2.75) is 52.0 Å². The van der Waals surface area contributed by atoms with Gasteiger partial charge in [-0.3, -0.25) is 4.79 Å². The highest BCUT2D eigenvalue weighted by Crippen LogP contribution is 2.35. The summed E-state index contributed by atoms with van der Waals surface area (Å²) < 4.78 is 0. The van der Waals surface area contributed by atoms with E-state index in [9.17, 15) is 4.79 Å². The van der Waals surface area contributed by atoms with E-state index in [0.717, 1.165) is 23.1 Å². The number of anilines is 1. The van der Waals surface area contributed by atoms with Gasteiger partial charge in [-0.2, -0.15) is 0 Å². The monoisotopic (exact) mass is 303 g/mol. The van der Waals surface area contributed by atoms with Gasteiger partial charge in [-0.05, 0) is 58.1 Å². The van der Waals surface area contributed by atoms with Crippen LogP contribution in [0.25, 0.3) is 10.2 Å². The van der Waals surface area contributed by atoms with Crippen molar-refractivity contribution >= 4 is 33.1 Å². The lowest BCUT2D eigenvalue weighted by atomic mass is 9.95. The molecule has 0 atom stereocenters. The normalized spacial score (nSPS) is 15.0. The van der Waals surface area contributed by atoms with Crippen molar-refractivity contribution in [1.82, 2.24) is 10.3 Å². The van der Waals surface area contributed by atoms with Crippen LogP contribution in [0, 0.1) is 0 Å². The molecule has 0 aliphatic heterocycles. The molecular weight excluding hydrogens is 282 g/mol. The van der Waals surface area contributed by atoms with E-state index in [-0.39, 0.29) is 11.4 Å². The lowest BCUT2D eigenvalue weighted by molar-refractivity contribution is 0.0924. The number of nitrogens with one attached hydrogen (secondary N) is 1. The Hall–Kier alpha value is -1.62. The smallest absolute Gasteiger partial charge is 0.263 e. The molecule has 5 heteroatoms. The minimum absolute atomic E-state index is 0.110. The number of carbonyl (C=O) groups is 1. The van der Waals surface area contributed by atoms with E-state index in [1.54, 1.807) is 0 Å². The van der Waals surface area contributed by atoms with E-state index in [1.165, 1.54) is 35.4 Å². The molecule has 1 aliphatic carbocycles. The number of nitrogens with two attached hydrogens (primary N) is 1. The van der Waals surface area contributed by atoms with E-state index in [4.69, 9.17) is 10.7 Å². The second-order valence-corrected chi connectivity index (χ2v) is 7.70. The van der Waals surface area contributed by atoms with Crippen LogP contribution in [-0.4, -0.2) is 16.4 Å². The minimum atomic E-state index is -0.271. The number of nitrogens with zero attached hydrogens (tertiary/aromatic N) is 1. The fraction of sp³-hybridized carbons (Fsp3) is 0.500. The second kappa shape index (κ2) is 4.98. The zero-order valence-electron chi connectivity index (χ0n) is 12.7. The maximum Gasteiger partial charge on any atom is 0.263 e. The van der Waals surface area contributed by atoms with Gasteiger partial charge in [0.15, 0.2) is 0 Å². The number of pyridine rings is 1. The number of hydrogen-bond acceptors (Lipinski definition) is 4. The SMILES string of the molecule is CC(C)(C)NC(=O)c1sc2nc3c(cc2c1N)CCCC3. The first-order chi connectivity index (χ1) is 9.85. The van der Waals surface area contributed by atoms with Crippen molar-refractivity contribution < 1.29 is 4.79 Å². The van der Waals surface area contributed by atoms with Crippen molar-refractivity contribution in [3.8, 4) is 0 Å². The standard InChI is InChI=1S/C16H21N3OS/c1-16(2,3)19-14(20)13-12(17)10-8-9-6-4-5-7-11(9)18-15(10)21-13/h8H,4-7,17H2,1-3H3,(H,19,20). The summed E-state index contributed by atoms with van der Waals surface area (Å²) in [6, 6.07) is 2.14. The van der Waals surface area contributed by atoms with E-state index in [2.05, 4.69) is 11.4 Å². The lowest BCUT2D eigenvalue weighted by Gasteiger charge is -2.20. The Morgan fingerprint density at radius 1 is 1.33 bits per heavy atom. The first-order valence-electron chi connectivity index (χ1n) is 7.38. The summed E-state index contributed by atoms with van der Waals surface area (Å²) in [5.74, 6) is -0.110. The molecule has 0 spiro atoms. The Labute approximate surface area is 128 Å². The number of aromatic nitrogens is 1. The summed E-state index contributed by atoms with van der Waals surface area (Å²) in [5, 5.41) is 3.90. The van der Waals surface area contributed by atoms with E-state index >= 15 is 0 Å². The fourth-order valence-electron chi connectivity index (χ4n) is 2.73. The fourth-order valence-corrected chi connectivity index (χ4v) is 3.72. The number of thiophene rings is 1. The molecule has 3 rings (SSSR count). The third-order valence-corrected chi connectivity index (χ3v) is 4.81. The number of rotatable bonds is 1. The Balaban J connectivity index is 2.05. The number of carbonyl (C=O) groups excluding carboxylic acids is 1. The van der Waals surface area contributed by atoms with E-state index in [0.29, 0.717) is 10.6 Å². The minimum Gasteiger partial charge on any atom is -0.397 e. The van der Waals surface area contributed by atoms with Crippen LogP contribution in [-0.2, 0) is 12.8 Å². The number of nitrogen functional groups attached to an aromatic ring is 1. The zero-order chi connectivity index (χ0) is 15.2. The van der Waals surface area contributed by atoms with Gasteiger partial charge in [-0.15, -0.1) is 11.3 Å². The first kappa shape index (κ1) is 14.3. The predicted molar refractivity (Wildman–Crippen MR) is 87.9 cm³/mol. The predicted octanol–water partition coefficient (Wildman–Crippen LogP) is 3.29. The van der Waals surface area contributed by atoms with Crippen LogP contribution in [0.15, 0.2) is 6.07 Å². The summed E-state index contributed by atoms with van der Waals surface area (Å²) >= 11 is 1.40. The Morgan fingerprint density at radius 3 is 2.76 bits per heavy atom. The molecule has 0 bridgehead atoms. The molecule has 0 radical (unpaired) electrons. The molecule has 1 aliphatic rings. The maximum absolute atomic E-state index is 12.4. The molecule has 1 amide bonds. The van der Waals surface area contributed by atoms with Crippen molar-refractivity contribution in [2.24, 2.45) is 0 Å². The molecule has 0 unspecified atom stereocenters. The molecule has 2 aromatic heterocycles. The van der Waals surface area contributed by atoms with Crippen LogP contribution in [0.4, 0.5) is 5.69 Å². The summed E-state index contributed by atoms with van der Waals surface area (Å²) in [6.45, 7) is 5.89. The third kappa shape index (κ3) is 2.75. The van der Waals surface area contributed by atoms with Gasteiger partial charge in [0.1, 0.15) is 9.71 Å². The summed E-state index contributed by atoms with van der Waals surface area (Å²) in [6.07, 6.45) is 4.51. The van der Waals surface area contributed by atoms with E-state index < -0.39 is 0 Å². The van der Waals surface area contributed by atoms with Gasteiger partial charge in [-0.25, -0.2) is 4.98 Å². The van der Waals surface area contributed by atoms with Gasteiger partial charge in [-0.1, -0.05) is 0 Å². The molecule has 3 N–H and O–H groups in total. The molecule has 2 aromatic rings. The molecule has 112 valence electrons. The third-order valence-electron chi connectivity index (χ3n) is 3.69. The molecule has 4 nitrogen and oxygen atoms in total. The van der Waals surface area contributed by atoms with Gasteiger partial charge >= 0.3 is 0 Å². The highest BCUT2D eigenvalue weighted by Gasteiger charge is 2.23. The maximum atomic E-state index is 12.4. The van der Waals surface area contributed by atoms with Gasteiger partial charge in [0.25, 0.3) is 5.91 Å². The Morgan fingerprint density at radius 2 is 2.05 bits per heavy atom. The lowest BCUT2D eigenvalue weighted by Crippen LogP contribution is -2.40. The van der Waals surface area contributed by atoms with Gasteiger partial charge in [0, 0.05) is 16.6 Å². The van der Waals surface area contributed by atoms with Crippen LogP contribution >= 0.6 is 11.3 Å². The van der Waals surface area contributed by atoms with Crippen molar-refractivity contribution in [2.75, 3.05) is 5.73 Å². The molecule has 2 heterocycles. The average Bonchev–Trinajstić information content (AvgIpc) is 2.71. The Bertz CT molecular complexity index is 712. The van der Waals surface area contributed by atoms with Gasteiger partial charge in [0.2, 0.25) is 0 Å². The number of hydrogen-bond donors (Lipinski definition) is 2. The quantitative estimate of drug-likeness (QED) is 0.849. The second-order valence-electron chi connectivity index (χ2n) is 6.70. The number of fused-ring (bicyclic) bond motifs is 2. The van der Waals surface area contributed by atoms with Crippen LogP contribution in [0.1, 0.15) is 54.5 Å². The summed E-state index contributed by atoms with van der Waals surface area (Å²) in [7, 11) is 0. The number of aryl methyl sites for hydroxylation is 2. The van der Waals surface area contributed by atoms with Crippen LogP contribution in [0.5, 0.6) is 0 Å². The molecule has 21 heavy (non-hydrogen) atoms. The van der Waals surface area contributed by atoms with Crippen molar-refractivity contribution in [3.05, 3.63) is 22.2 Å².